The monoisotopic (exact) mass is 474 g/mol. The zero-order valence-corrected chi connectivity index (χ0v) is 20.0. The van der Waals surface area contributed by atoms with E-state index in [1.54, 1.807) is 0 Å². The van der Waals surface area contributed by atoms with Crippen LogP contribution in [0.2, 0.25) is 0 Å². The van der Waals surface area contributed by atoms with Crippen molar-refractivity contribution in [1.29, 1.82) is 0 Å². The van der Waals surface area contributed by atoms with Gasteiger partial charge in [-0.05, 0) is 26.5 Å². The minimum Gasteiger partial charge on any atom is -0.412 e. The van der Waals surface area contributed by atoms with E-state index in [-0.39, 0.29) is 47.2 Å². The van der Waals surface area contributed by atoms with Crippen molar-refractivity contribution in [3.05, 3.63) is 25.2 Å². The molecule has 0 aromatic rings. The van der Waals surface area contributed by atoms with E-state index in [9.17, 15) is 28.8 Å². The highest BCUT2D eigenvalue weighted by Crippen LogP contribution is 2.03. The first-order valence-corrected chi connectivity index (χ1v) is 9.64. The molecule has 0 heterocycles. The summed E-state index contributed by atoms with van der Waals surface area (Å²) in [4.78, 5) is 62.0. The topological polar surface area (TPSA) is 206 Å². The summed E-state index contributed by atoms with van der Waals surface area (Å²) >= 11 is 0. The van der Waals surface area contributed by atoms with Crippen molar-refractivity contribution < 1.29 is 34.2 Å². The summed E-state index contributed by atoms with van der Waals surface area (Å²) < 4.78 is 0. The summed E-state index contributed by atoms with van der Waals surface area (Å²) in [5, 5.41) is 15.0. The fraction of sp³-hybridized carbons (Fsp3) is 0.500. The first-order valence-electron chi connectivity index (χ1n) is 9.64. The Morgan fingerprint density at radius 2 is 1.24 bits per heavy atom. The summed E-state index contributed by atoms with van der Waals surface area (Å²) in [6.07, 6.45) is 5.78. The summed E-state index contributed by atoms with van der Waals surface area (Å²) in [6.45, 7) is 12.5. The predicted molar refractivity (Wildman–Crippen MR) is 124 cm³/mol. The molecular formula is C20H38N6O7. The fourth-order valence-electron chi connectivity index (χ4n) is 2.00. The first-order chi connectivity index (χ1) is 14.9. The molecule has 0 bridgehead atoms. The lowest BCUT2D eigenvalue weighted by Crippen LogP contribution is -2.51. The van der Waals surface area contributed by atoms with E-state index < -0.39 is 0 Å². The molecular weight excluding hydrogens is 436 g/mol. The van der Waals surface area contributed by atoms with Crippen molar-refractivity contribution in [2.45, 2.75) is 66.1 Å². The van der Waals surface area contributed by atoms with Crippen molar-refractivity contribution in [2.24, 2.45) is 0 Å². The molecule has 190 valence electrons. The molecule has 0 aliphatic heterocycles. The number of hydrogen-bond acceptors (Lipinski definition) is 6. The van der Waals surface area contributed by atoms with Crippen LogP contribution in [0.4, 0.5) is 0 Å². The zero-order valence-electron chi connectivity index (χ0n) is 20.0. The van der Waals surface area contributed by atoms with Crippen molar-refractivity contribution >= 4 is 36.4 Å². The molecule has 0 radical (unpaired) electrons. The molecule has 0 saturated heterocycles. The van der Waals surface area contributed by atoms with Gasteiger partial charge in [0.1, 0.15) is 0 Å². The Hall–Kier alpha value is -3.74. The fourth-order valence-corrected chi connectivity index (χ4v) is 2.00. The second-order valence-electron chi connectivity index (χ2n) is 6.44. The molecule has 3 unspecified atom stereocenters. The number of hydrogen-bond donors (Lipinski definition) is 6. The van der Waals surface area contributed by atoms with Crippen molar-refractivity contribution in [1.82, 2.24) is 31.9 Å². The van der Waals surface area contributed by atoms with Gasteiger partial charge in [-0.25, -0.2) is 0 Å². The quantitative estimate of drug-likeness (QED) is 0.193. The molecule has 3 atom stereocenters. The maximum absolute atomic E-state index is 11.1. The highest BCUT2D eigenvalue weighted by atomic mass is 16.2. The highest BCUT2D eigenvalue weighted by Gasteiger charge is 2.21. The number of amides is 6. The van der Waals surface area contributed by atoms with Crippen LogP contribution in [0, 0.1) is 0 Å². The molecule has 8 N–H and O–H groups in total. The van der Waals surface area contributed by atoms with Crippen molar-refractivity contribution in [2.75, 3.05) is 0 Å². The molecule has 13 heteroatoms. The van der Waals surface area contributed by atoms with E-state index in [1.807, 2.05) is 13.8 Å². The minimum atomic E-state index is -0.209. The van der Waals surface area contributed by atoms with Gasteiger partial charge in [-0.3, -0.25) is 28.8 Å². The maximum atomic E-state index is 11.1. The van der Waals surface area contributed by atoms with Crippen LogP contribution in [-0.2, 0) is 28.8 Å². The Morgan fingerprint density at radius 3 is 1.52 bits per heavy atom. The summed E-state index contributed by atoms with van der Waals surface area (Å²) in [5.74, 6) is -0.641. The standard InChI is InChI=1S/C11H21N3O3.C6H10N2O2.C3H5NO.H2O/c1-7(12-6-15)5-11(14-10(4)17)8(2)13-9(3)16;1-5(9)7-3-4-8-6(2)10;1-2-4-3-5;/h6-8,11H,5H2,1-4H3,(H,12,15)(H,13,16)(H,14,17);3-4H,1-2H3,(H,7,9)(H,8,10);2-3H,1H2,(H,4,5);1H2/b;4-3-;;. The molecule has 0 aromatic heterocycles. The van der Waals surface area contributed by atoms with Crippen molar-refractivity contribution in [3.8, 4) is 0 Å². The van der Waals surface area contributed by atoms with E-state index >= 15 is 0 Å². The van der Waals surface area contributed by atoms with Crippen molar-refractivity contribution in [3.63, 3.8) is 0 Å². The van der Waals surface area contributed by atoms with Gasteiger partial charge >= 0.3 is 0 Å². The smallest absolute Gasteiger partial charge is 0.220 e. The molecule has 0 fully saturated rings. The Bertz CT molecular complexity index is 616. The van der Waals surface area contributed by atoms with Gasteiger partial charge in [0.15, 0.2) is 0 Å². The van der Waals surface area contributed by atoms with Gasteiger partial charge in [-0.15, -0.1) is 0 Å². The van der Waals surface area contributed by atoms with Gasteiger partial charge in [-0.1, -0.05) is 6.58 Å². The van der Waals surface area contributed by atoms with Crippen LogP contribution < -0.4 is 31.9 Å². The third kappa shape index (κ3) is 33.1. The van der Waals surface area contributed by atoms with Crippen LogP contribution in [0.3, 0.4) is 0 Å². The average Bonchev–Trinajstić information content (AvgIpc) is 2.65. The van der Waals surface area contributed by atoms with Crippen LogP contribution >= 0.6 is 0 Å². The molecule has 13 nitrogen and oxygen atoms in total. The Balaban J connectivity index is -0.000000222. The second-order valence-corrected chi connectivity index (χ2v) is 6.44. The molecule has 0 saturated carbocycles. The minimum absolute atomic E-state index is 0. The van der Waals surface area contributed by atoms with E-state index in [2.05, 4.69) is 38.5 Å². The number of carbonyl (C=O) groups excluding carboxylic acids is 6. The zero-order chi connectivity index (χ0) is 25.5. The number of rotatable bonds is 11. The van der Waals surface area contributed by atoms with Crippen LogP contribution in [-0.4, -0.2) is 60.1 Å². The lowest BCUT2D eigenvalue weighted by Gasteiger charge is -2.27. The summed E-state index contributed by atoms with van der Waals surface area (Å²) in [7, 11) is 0. The van der Waals surface area contributed by atoms with Crippen LogP contribution in [0.1, 0.15) is 48.0 Å². The van der Waals surface area contributed by atoms with Gasteiger partial charge in [0.05, 0.1) is 6.04 Å². The SMILES string of the molecule is C=CNC=O.CC(=O)N/C=C\NC(C)=O.CC(=O)NC(C)C(CC(C)NC=O)NC(C)=O.O. The molecule has 6 amide bonds. The van der Waals surface area contributed by atoms with E-state index in [0.29, 0.717) is 19.2 Å². The number of nitrogens with one attached hydrogen (secondary N) is 6. The number of carbonyl (C=O) groups is 6. The largest absolute Gasteiger partial charge is 0.412 e. The molecule has 0 rings (SSSR count). The molecule has 0 spiro atoms. The Morgan fingerprint density at radius 1 is 0.788 bits per heavy atom. The van der Waals surface area contributed by atoms with Gasteiger partial charge in [0.25, 0.3) is 0 Å². The van der Waals surface area contributed by atoms with Gasteiger partial charge < -0.3 is 37.4 Å². The summed E-state index contributed by atoms with van der Waals surface area (Å²) in [6, 6.07) is -0.466. The van der Waals surface area contributed by atoms with Gasteiger partial charge in [-0.2, -0.15) is 0 Å². The van der Waals surface area contributed by atoms with Gasteiger partial charge in [0.2, 0.25) is 36.4 Å². The lowest BCUT2D eigenvalue weighted by molar-refractivity contribution is -0.122. The molecule has 0 aromatic carbocycles. The third-order valence-corrected chi connectivity index (χ3v) is 3.23. The van der Waals surface area contributed by atoms with Crippen LogP contribution in [0.5, 0.6) is 0 Å². The predicted octanol–water partition coefficient (Wildman–Crippen LogP) is -1.68. The second kappa shape index (κ2) is 24.5. The summed E-state index contributed by atoms with van der Waals surface area (Å²) in [5.41, 5.74) is 0. The normalized spacial score (nSPS) is 11.6. The first kappa shape index (κ1) is 36.6. The van der Waals surface area contributed by atoms with E-state index in [0.717, 1.165) is 0 Å². The average molecular weight is 475 g/mol. The Kier molecular flexibility index (Phi) is 27.2. The lowest BCUT2D eigenvalue weighted by atomic mass is 10.0. The molecule has 33 heavy (non-hydrogen) atoms. The third-order valence-electron chi connectivity index (χ3n) is 3.23. The van der Waals surface area contributed by atoms with E-state index in [1.165, 1.54) is 46.3 Å². The van der Waals surface area contributed by atoms with E-state index in [4.69, 9.17) is 0 Å². The van der Waals surface area contributed by atoms with Crippen LogP contribution in [0.15, 0.2) is 25.2 Å². The Labute approximate surface area is 194 Å². The molecule has 0 aliphatic rings. The molecule has 0 aliphatic carbocycles. The van der Waals surface area contributed by atoms with Crippen LogP contribution in [0.25, 0.3) is 0 Å². The highest BCUT2D eigenvalue weighted by molar-refractivity contribution is 5.75. The maximum Gasteiger partial charge on any atom is 0.220 e. The van der Waals surface area contributed by atoms with Gasteiger partial charge in [0, 0.05) is 52.2 Å².